The van der Waals surface area contributed by atoms with Crippen LogP contribution in [0.2, 0.25) is 5.02 Å². The zero-order valence-corrected chi connectivity index (χ0v) is 11.8. The highest BCUT2D eigenvalue weighted by Gasteiger charge is 2.20. The van der Waals surface area contributed by atoms with Crippen LogP contribution < -0.4 is 16.4 Å². The first-order valence-corrected chi connectivity index (χ1v) is 6.56. The average Bonchev–Trinajstić information content (AvgIpc) is 2.75. The third-order valence-electron chi connectivity index (χ3n) is 3.10. The van der Waals surface area contributed by atoms with E-state index in [1.807, 2.05) is 0 Å². The number of nitrogens with two attached hydrogens (primary N) is 1. The molecular weight excluding hydrogens is 282 g/mol. The first-order valence-electron chi connectivity index (χ1n) is 6.18. The Labute approximate surface area is 121 Å². The molecular formula is C13H16ClN3O3. The van der Waals surface area contributed by atoms with Crippen LogP contribution in [-0.4, -0.2) is 31.6 Å². The van der Waals surface area contributed by atoms with Crippen LogP contribution >= 0.6 is 11.6 Å². The number of carbonyl (C=O) groups excluding carboxylic acids is 2. The summed E-state index contributed by atoms with van der Waals surface area (Å²) in [6.45, 7) is 0.264. The Morgan fingerprint density at radius 2 is 2.35 bits per heavy atom. The van der Waals surface area contributed by atoms with Crippen molar-refractivity contribution in [2.24, 2.45) is 5.73 Å². The second-order valence-electron chi connectivity index (χ2n) is 4.56. The van der Waals surface area contributed by atoms with Crippen LogP contribution in [0.5, 0.6) is 0 Å². The maximum atomic E-state index is 11.9. The molecule has 2 amide bonds. The lowest BCUT2D eigenvalue weighted by Crippen LogP contribution is -2.28. The van der Waals surface area contributed by atoms with E-state index in [9.17, 15) is 9.59 Å². The van der Waals surface area contributed by atoms with Gasteiger partial charge in [-0.15, -0.1) is 0 Å². The summed E-state index contributed by atoms with van der Waals surface area (Å²) in [6.07, 6.45) is 0.114. The summed E-state index contributed by atoms with van der Waals surface area (Å²) in [5.74, 6) is -0.316. The number of ether oxygens (including phenoxy) is 1. The molecule has 1 aliphatic heterocycles. The summed E-state index contributed by atoms with van der Waals surface area (Å²) >= 11 is 6.08. The monoisotopic (exact) mass is 297 g/mol. The SMILES string of the molecule is COC(CN)CC(=O)Nc1cc2c(cc1Cl)NC(=O)C2. The van der Waals surface area contributed by atoms with Gasteiger partial charge in [-0.25, -0.2) is 0 Å². The number of anilines is 2. The van der Waals surface area contributed by atoms with Crippen molar-refractivity contribution in [1.29, 1.82) is 0 Å². The van der Waals surface area contributed by atoms with E-state index in [4.69, 9.17) is 22.1 Å². The van der Waals surface area contributed by atoms with Gasteiger partial charge in [0.05, 0.1) is 29.7 Å². The number of hydrogen-bond donors (Lipinski definition) is 3. The fourth-order valence-corrected chi connectivity index (χ4v) is 2.23. The molecule has 0 aliphatic carbocycles. The standard InChI is InChI=1S/C13H16ClN3O3/c1-20-8(6-15)4-13(19)17-11-2-7-3-12(18)16-10(7)5-9(11)14/h2,5,8H,3-4,6,15H2,1H3,(H,16,18)(H,17,19). The van der Waals surface area contributed by atoms with Crippen molar-refractivity contribution in [2.75, 3.05) is 24.3 Å². The largest absolute Gasteiger partial charge is 0.380 e. The van der Waals surface area contributed by atoms with Gasteiger partial charge in [-0.3, -0.25) is 9.59 Å². The Bertz CT molecular complexity index is 544. The Morgan fingerprint density at radius 3 is 3.00 bits per heavy atom. The summed E-state index contributed by atoms with van der Waals surface area (Å²) in [6, 6.07) is 3.34. The van der Waals surface area contributed by atoms with E-state index < -0.39 is 0 Å². The number of amides is 2. The fourth-order valence-electron chi connectivity index (χ4n) is 2.01. The van der Waals surface area contributed by atoms with Crippen LogP contribution in [0.1, 0.15) is 12.0 Å². The van der Waals surface area contributed by atoms with E-state index in [-0.39, 0.29) is 30.9 Å². The van der Waals surface area contributed by atoms with E-state index in [0.717, 1.165) is 5.56 Å². The molecule has 1 aromatic carbocycles. The third kappa shape index (κ3) is 3.27. The average molecular weight is 298 g/mol. The van der Waals surface area contributed by atoms with Crippen molar-refractivity contribution in [3.63, 3.8) is 0 Å². The van der Waals surface area contributed by atoms with E-state index in [2.05, 4.69) is 10.6 Å². The molecule has 1 atom stereocenters. The molecule has 0 radical (unpaired) electrons. The third-order valence-corrected chi connectivity index (χ3v) is 3.41. The predicted molar refractivity (Wildman–Crippen MR) is 76.9 cm³/mol. The van der Waals surface area contributed by atoms with Crippen molar-refractivity contribution in [3.05, 3.63) is 22.7 Å². The molecule has 1 aromatic rings. The molecule has 0 spiro atoms. The van der Waals surface area contributed by atoms with Crippen LogP contribution in [0.4, 0.5) is 11.4 Å². The smallest absolute Gasteiger partial charge is 0.228 e. The molecule has 1 aliphatic rings. The van der Waals surface area contributed by atoms with Gasteiger partial charge in [-0.1, -0.05) is 11.6 Å². The van der Waals surface area contributed by atoms with Gasteiger partial charge in [0, 0.05) is 19.3 Å². The highest BCUT2D eigenvalue weighted by Crippen LogP contribution is 2.32. The summed E-state index contributed by atoms with van der Waals surface area (Å²) < 4.78 is 5.05. The molecule has 108 valence electrons. The lowest BCUT2D eigenvalue weighted by Gasteiger charge is -2.14. The normalized spacial score (nSPS) is 14.7. The molecule has 2 rings (SSSR count). The number of methoxy groups -OCH3 is 1. The number of rotatable bonds is 5. The zero-order chi connectivity index (χ0) is 14.7. The Hall–Kier alpha value is -1.63. The summed E-state index contributed by atoms with van der Waals surface area (Å²) in [5, 5.41) is 5.78. The summed E-state index contributed by atoms with van der Waals surface area (Å²) in [7, 11) is 1.50. The van der Waals surface area contributed by atoms with E-state index >= 15 is 0 Å². The number of hydrogen-bond acceptors (Lipinski definition) is 4. The first kappa shape index (κ1) is 14.8. The van der Waals surface area contributed by atoms with Crippen molar-refractivity contribution < 1.29 is 14.3 Å². The van der Waals surface area contributed by atoms with Crippen molar-refractivity contribution >= 4 is 34.8 Å². The van der Waals surface area contributed by atoms with Gasteiger partial charge < -0.3 is 21.1 Å². The van der Waals surface area contributed by atoms with Crippen molar-refractivity contribution in [1.82, 2.24) is 0 Å². The molecule has 0 bridgehead atoms. The molecule has 0 fully saturated rings. The lowest BCUT2D eigenvalue weighted by atomic mass is 10.1. The molecule has 7 heteroatoms. The fraction of sp³-hybridized carbons (Fsp3) is 0.385. The number of fused-ring (bicyclic) bond motifs is 1. The van der Waals surface area contributed by atoms with Crippen LogP contribution in [0.25, 0.3) is 0 Å². The minimum absolute atomic E-state index is 0.0814. The number of nitrogens with one attached hydrogen (secondary N) is 2. The minimum atomic E-state index is -0.327. The minimum Gasteiger partial charge on any atom is -0.380 e. The second-order valence-corrected chi connectivity index (χ2v) is 4.97. The number of carbonyl (C=O) groups is 2. The van der Waals surface area contributed by atoms with Gasteiger partial charge in [0.2, 0.25) is 11.8 Å². The van der Waals surface area contributed by atoms with Gasteiger partial charge >= 0.3 is 0 Å². The van der Waals surface area contributed by atoms with Crippen molar-refractivity contribution in [2.45, 2.75) is 18.9 Å². The van der Waals surface area contributed by atoms with Gasteiger partial charge in [-0.2, -0.15) is 0 Å². The summed E-state index contributed by atoms with van der Waals surface area (Å²) in [4.78, 5) is 23.2. The molecule has 6 nitrogen and oxygen atoms in total. The molecule has 0 saturated carbocycles. The zero-order valence-electron chi connectivity index (χ0n) is 11.0. The molecule has 4 N–H and O–H groups in total. The maximum absolute atomic E-state index is 11.9. The topological polar surface area (TPSA) is 93.4 Å². The molecule has 20 heavy (non-hydrogen) atoms. The van der Waals surface area contributed by atoms with Crippen LogP contribution in [0, 0.1) is 0 Å². The Morgan fingerprint density at radius 1 is 1.60 bits per heavy atom. The van der Waals surface area contributed by atoms with Crippen LogP contribution in [0.3, 0.4) is 0 Å². The van der Waals surface area contributed by atoms with Gasteiger partial charge in [0.1, 0.15) is 0 Å². The Balaban J connectivity index is 2.09. The van der Waals surface area contributed by atoms with E-state index in [1.165, 1.54) is 7.11 Å². The molecule has 0 aromatic heterocycles. The lowest BCUT2D eigenvalue weighted by molar-refractivity contribution is -0.118. The van der Waals surface area contributed by atoms with E-state index in [0.29, 0.717) is 22.8 Å². The molecule has 0 saturated heterocycles. The van der Waals surface area contributed by atoms with E-state index in [1.54, 1.807) is 12.1 Å². The molecule has 1 unspecified atom stereocenters. The first-order chi connectivity index (χ1) is 9.53. The summed E-state index contributed by atoms with van der Waals surface area (Å²) in [5.41, 5.74) is 7.46. The van der Waals surface area contributed by atoms with Crippen LogP contribution in [-0.2, 0) is 20.7 Å². The van der Waals surface area contributed by atoms with Crippen molar-refractivity contribution in [3.8, 4) is 0 Å². The molecule has 1 heterocycles. The van der Waals surface area contributed by atoms with Gasteiger partial charge in [0.15, 0.2) is 0 Å². The quantitative estimate of drug-likeness (QED) is 0.759. The number of halogens is 1. The number of benzene rings is 1. The van der Waals surface area contributed by atoms with Gasteiger partial charge in [-0.05, 0) is 17.7 Å². The second kappa shape index (κ2) is 6.21. The van der Waals surface area contributed by atoms with Gasteiger partial charge in [0.25, 0.3) is 0 Å². The Kier molecular flexibility index (Phi) is 4.59. The predicted octanol–water partition coefficient (Wildman–Crippen LogP) is 1.14. The maximum Gasteiger partial charge on any atom is 0.228 e. The highest BCUT2D eigenvalue weighted by molar-refractivity contribution is 6.34. The highest BCUT2D eigenvalue weighted by atomic mass is 35.5. The van der Waals surface area contributed by atoms with Crippen LogP contribution in [0.15, 0.2) is 12.1 Å².